The molecule has 0 saturated carbocycles. The van der Waals surface area contributed by atoms with Crippen molar-refractivity contribution in [1.82, 2.24) is 9.80 Å². The lowest BCUT2D eigenvalue weighted by Crippen LogP contribution is -2.28. The summed E-state index contributed by atoms with van der Waals surface area (Å²) in [6, 6.07) is 13.9. The van der Waals surface area contributed by atoms with Gasteiger partial charge in [-0.25, -0.2) is 0 Å². The molecular formula is C41H66ClN3O3. The van der Waals surface area contributed by atoms with Gasteiger partial charge in [-0.3, -0.25) is 4.79 Å². The number of ether oxygens (including phenoxy) is 1. The molecule has 1 N–H and O–H groups in total. The zero-order valence-corrected chi connectivity index (χ0v) is 31.7. The van der Waals surface area contributed by atoms with Gasteiger partial charge in [0.25, 0.3) is 0 Å². The third-order valence-corrected chi connectivity index (χ3v) is 9.04. The van der Waals surface area contributed by atoms with E-state index in [1.807, 2.05) is 30.3 Å². The summed E-state index contributed by atoms with van der Waals surface area (Å²) in [4.78, 5) is 19.2. The van der Waals surface area contributed by atoms with E-state index >= 15 is 0 Å². The third kappa shape index (κ3) is 14.1. The second kappa shape index (κ2) is 24.6. The molecule has 0 unspecified atom stereocenters. The number of ketones is 1. The molecule has 0 saturated heterocycles. The zero-order chi connectivity index (χ0) is 33.7. The Balaban J connectivity index is 0.00000800. The Labute approximate surface area is 298 Å². The summed E-state index contributed by atoms with van der Waals surface area (Å²) in [5.41, 5.74) is 3.19. The normalized spacial score (nSPS) is 11.4. The largest absolute Gasteiger partial charge is 0.494 e. The van der Waals surface area contributed by atoms with Gasteiger partial charge in [-0.1, -0.05) is 66.7 Å². The van der Waals surface area contributed by atoms with Gasteiger partial charge in [0.05, 0.1) is 12.2 Å². The van der Waals surface area contributed by atoms with Gasteiger partial charge in [-0.2, -0.15) is 0 Å². The van der Waals surface area contributed by atoms with E-state index in [1.165, 1.54) is 77.5 Å². The lowest BCUT2D eigenvalue weighted by Gasteiger charge is -2.22. The number of anilines is 1. The number of nitrogens with zero attached hydrogens (tertiary/aromatic N) is 2. The van der Waals surface area contributed by atoms with Crippen LogP contribution < -0.4 is 10.1 Å². The second-order valence-corrected chi connectivity index (χ2v) is 13.1. The second-order valence-electron chi connectivity index (χ2n) is 13.1. The fourth-order valence-corrected chi connectivity index (χ4v) is 6.08. The SMILES string of the molecule is CCCCc1oc2ccc(NCCCN(CCCC)CCCC)cc2c1C(=O)c1ccc(OCCCN(CCCC)CCCC)cc1.Cl. The van der Waals surface area contributed by atoms with Gasteiger partial charge in [-0.05, 0) is 120 Å². The molecule has 0 amide bonds. The molecule has 0 aliphatic rings. The fraction of sp³-hybridized carbons (Fsp3) is 0.634. The van der Waals surface area contributed by atoms with Crippen LogP contribution in [0.15, 0.2) is 46.9 Å². The number of hydrogen-bond donors (Lipinski definition) is 1. The summed E-state index contributed by atoms with van der Waals surface area (Å²) in [7, 11) is 0. The molecule has 270 valence electrons. The highest BCUT2D eigenvalue weighted by molar-refractivity contribution is 6.17. The number of carbonyl (C=O) groups is 1. The monoisotopic (exact) mass is 683 g/mol. The molecule has 0 aliphatic carbocycles. The first kappa shape index (κ1) is 41.6. The average Bonchev–Trinajstić information content (AvgIpc) is 3.46. The average molecular weight is 684 g/mol. The molecule has 0 atom stereocenters. The Morgan fingerprint density at radius 1 is 0.688 bits per heavy atom. The first-order valence-electron chi connectivity index (χ1n) is 19.1. The van der Waals surface area contributed by atoms with E-state index in [0.29, 0.717) is 17.7 Å². The van der Waals surface area contributed by atoms with Crippen LogP contribution in [-0.4, -0.2) is 68.0 Å². The van der Waals surface area contributed by atoms with Gasteiger partial charge in [0.2, 0.25) is 0 Å². The number of hydrogen-bond acceptors (Lipinski definition) is 6. The summed E-state index contributed by atoms with van der Waals surface area (Å²) >= 11 is 0. The van der Waals surface area contributed by atoms with Crippen molar-refractivity contribution in [2.24, 2.45) is 0 Å². The van der Waals surface area contributed by atoms with Crippen LogP contribution in [0.2, 0.25) is 0 Å². The molecule has 2 aromatic carbocycles. The predicted octanol–water partition coefficient (Wildman–Crippen LogP) is 10.8. The Morgan fingerprint density at radius 2 is 1.23 bits per heavy atom. The molecule has 48 heavy (non-hydrogen) atoms. The number of aryl methyl sites for hydroxylation is 1. The van der Waals surface area contributed by atoms with Crippen LogP contribution in [-0.2, 0) is 6.42 Å². The van der Waals surface area contributed by atoms with Crippen LogP contribution >= 0.6 is 12.4 Å². The minimum Gasteiger partial charge on any atom is -0.494 e. The van der Waals surface area contributed by atoms with E-state index in [1.54, 1.807) is 0 Å². The highest BCUT2D eigenvalue weighted by Crippen LogP contribution is 2.32. The predicted molar refractivity (Wildman–Crippen MR) is 208 cm³/mol. The summed E-state index contributed by atoms with van der Waals surface area (Å²) in [6.45, 7) is 19.7. The van der Waals surface area contributed by atoms with Gasteiger partial charge in [0, 0.05) is 36.1 Å². The number of fused-ring (bicyclic) bond motifs is 1. The number of furan rings is 1. The van der Waals surface area contributed by atoms with E-state index in [-0.39, 0.29) is 18.2 Å². The third-order valence-electron chi connectivity index (χ3n) is 9.04. The number of rotatable bonds is 27. The maximum absolute atomic E-state index is 14.0. The number of benzene rings is 2. The van der Waals surface area contributed by atoms with Crippen molar-refractivity contribution in [2.45, 2.75) is 118 Å². The van der Waals surface area contributed by atoms with Crippen molar-refractivity contribution in [3.8, 4) is 5.75 Å². The summed E-state index contributed by atoms with van der Waals surface area (Å²) in [6.07, 6.45) is 14.9. The molecule has 3 aromatic rings. The number of unbranched alkanes of at least 4 members (excludes halogenated alkanes) is 5. The topological polar surface area (TPSA) is 58.0 Å². The van der Waals surface area contributed by atoms with E-state index in [4.69, 9.17) is 9.15 Å². The van der Waals surface area contributed by atoms with Crippen molar-refractivity contribution in [2.75, 3.05) is 57.7 Å². The van der Waals surface area contributed by atoms with Crippen molar-refractivity contribution in [1.29, 1.82) is 0 Å². The van der Waals surface area contributed by atoms with Crippen LogP contribution in [0.1, 0.15) is 133 Å². The summed E-state index contributed by atoms with van der Waals surface area (Å²) in [5.74, 6) is 1.62. The summed E-state index contributed by atoms with van der Waals surface area (Å²) < 4.78 is 12.4. The first-order valence-corrected chi connectivity index (χ1v) is 19.1. The Kier molecular flexibility index (Phi) is 21.3. The van der Waals surface area contributed by atoms with Crippen LogP contribution in [0.4, 0.5) is 5.69 Å². The zero-order valence-electron chi connectivity index (χ0n) is 30.9. The van der Waals surface area contributed by atoms with E-state index in [2.05, 4.69) is 61.9 Å². The van der Waals surface area contributed by atoms with Gasteiger partial charge in [-0.15, -0.1) is 12.4 Å². The van der Waals surface area contributed by atoms with Crippen LogP contribution in [0.5, 0.6) is 5.75 Å². The molecule has 0 fully saturated rings. The molecule has 0 spiro atoms. The highest BCUT2D eigenvalue weighted by Gasteiger charge is 2.22. The maximum Gasteiger partial charge on any atom is 0.197 e. The molecule has 1 aromatic heterocycles. The summed E-state index contributed by atoms with van der Waals surface area (Å²) in [5, 5.41) is 4.52. The van der Waals surface area contributed by atoms with Crippen molar-refractivity contribution in [3.63, 3.8) is 0 Å². The molecule has 1 heterocycles. The number of halogens is 1. The number of nitrogens with one attached hydrogen (secondary N) is 1. The Morgan fingerprint density at radius 3 is 1.79 bits per heavy atom. The molecular weight excluding hydrogens is 618 g/mol. The molecule has 3 rings (SSSR count). The molecule has 6 nitrogen and oxygen atoms in total. The van der Waals surface area contributed by atoms with Crippen molar-refractivity contribution >= 4 is 34.8 Å². The lowest BCUT2D eigenvalue weighted by molar-refractivity contribution is 0.103. The fourth-order valence-electron chi connectivity index (χ4n) is 6.08. The maximum atomic E-state index is 14.0. The lowest BCUT2D eigenvalue weighted by atomic mass is 9.98. The van der Waals surface area contributed by atoms with Gasteiger partial charge in [0.15, 0.2) is 5.78 Å². The minimum absolute atomic E-state index is 0. The van der Waals surface area contributed by atoms with E-state index in [0.717, 1.165) is 79.9 Å². The van der Waals surface area contributed by atoms with Gasteiger partial charge in [0.1, 0.15) is 17.1 Å². The van der Waals surface area contributed by atoms with Crippen LogP contribution in [0, 0.1) is 0 Å². The van der Waals surface area contributed by atoms with Crippen LogP contribution in [0.3, 0.4) is 0 Å². The van der Waals surface area contributed by atoms with Gasteiger partial charge >= 0.3 is 0 Å². The van der Waals surface area contributed by atoms with Crippen LogP contribution in [0.25, 0.3) is 11.0 Å². The first-order chi connectivity index (χ1) is 23.0. The molecule has 0 radical (unpaired) electrons. The quantitative estimate of drug-likeness (QED) is 0.0637. The molecule has 7 heteroatoms. The standard InChI is InChI=1S/C41H65N3O3.ClH/c1-6-11-18-39-40(37-33-35(21-24-38(37)47-39)42-25-16-30-43(26-12-7-2)27-13-8-3)41(45)34-19-22-36(23-20-34)46-32-17-31-44(28-14-9-4)29-15-10-5;/h19-24,33,42H,6-18,25-32H2,1-5H3;1H. The molecule has 0 bridgehead atoms. The van der Waals surface area contributed by atoms with Crippen molar-refractivity contribution in [3.05, 3.63) is 59.4 Å². The smallest absolute Gasteiger partial charge is 0.197 e. The Hall–Kier alpha value is -2.54. The van der Waals surface area contributed by atoms with E-state index in [9.17, 15) is 4.79 Å². The molecule has 0 aliphatic heterocycles. The van der Waals surface area contributed by atoms with Gasteiger partial charge < -0.3 is 24.3 Å². The Bertz CT molecular complexity index is 1260. The van der Waals surface area contributed by atoms with Crippen molar-refractivity contribution < 1.29 is 13.9 Å². The highest BCUT2D eigenvalue weighted by atomic mass is 35.5. The minimum atomic E-state index is 0. The number of carbonyl (C=O) groups excluding carboxylic acids is 1. The van der Waals surface area contributed by atoms with E-state index < -0.39 is 0 Å².